The summed E-state index contributed by atoms with van der Waals surface area (Å²) < 4.78 is 23.6. The van der Waals surface area contributed by atoms with Gasteiger partial charge in [0.05, 0.1) is 11.3 Å². The quantitative estimate of drug-likeness (QED) is 0.532. The summed E-state index contributed by atoms with van der Waals surface area (Å²) in [7, 11) is -3.74. The number of primary sulfonamides is 1. The highest BCUT2D eigenvalue weighted by atomic mass is 32.2. The van der Waals surface area contributed by atoms with Gasteiger partial charge in [-0.25, -0.2) is 18.5 Å². The Hall–Kier alpha value is -3.05. The molecule has 4 N–H and O–H groups in total. The van der Waals surface area contributed by atoms with E-state index in [2.05, 4.69) is 20.4 Å². The third kappa shape index (κ3) is 3.95. The number of H-pyrrole nitrogens is 1. The number of aryl methyl sites for hydroxylation is 1. The third-order valence-electron chi connectivity index (χ3n) is 3.57. The van der Waals surface area contributed by atoms with Crippen molar-refractivity contribution in [1.29, 1.82) is 0 Å². The van der Waals surface area contributed by atoms with Crippen molar-refractivity contribution in [3.05, 3.63) is 57.8 Å². The monoisotopic (exact) mass is 376 g/mol. The smallest absolute Gasteiger partial charge is 0.274 e. The molecule has 3 rings (SSSR count). The molecule has 0 atom stereocenters. The lowest BCUT2D eigenvalue weighted by Crippen LogP contribution is -2.25. The van der Waals surface area contributed by atoms with Crippen LogP contribution in [0.2, 0.25) is 0 Å². The largest absolute Gasteiger partial charge is 0.352 e. The van der Waals surface area contributed by atoms with Crippen LogP contribution in [0.5, 0.6) is 0 Å². The summed E-state index contributed by atoms with van der Waals surface area (Å²) in [5.41, 5.74) is 0.950. The van der Waals surface area contributed by atoms with Crippen molar-refractivity contribution in [3.8, 4) is 0 Å². The van der Waals surface area contributed by atoms with E-state index in [0.29, 0.717) is 17.1 Å². The zero-order valence-corrected chi connectivity index (χ0v) is 14.6. The maximum Gasteiger partial charge on any atom is 0.274 e. The van der Waals surface area contributed by atoms with Crippen molar-refractivity contribution < 1.29 is 13.2 Å². The Morgan fingerprint density at radius 3 is 2.62 bits per heavy atom. The second-order valence-electron chi connectivity index (χ2n) is 5.68. The molecule has 26 heavy (non-hydrogen) atoms. The lowest BCUT2D eigenvalue weighted by atomic mass is 10.2. The van der Waals surface area contributed by atoms with Gasteiger partial charge in [0.1, 0.15) is 5.82 Å². The lowest BCUT2D eigenvalue weighted by molar-refractivity contribution is -0.120. The molecular formula is C15H16N6O4S. The zero-order chi connectivity index (χ0) is 18.9. The molecule has 136 valence electrons. The minimum Gasteiger partial charge on any atom is -0.352 e. The van der Waals surface area contributed by atoms with Crippen LogP contribution in [0.15, 0.2) is 40.0 Å². The lowest BCUT2D eigenvalue weighted by Gasteiger charge is -2.05. The summed E-state index contributed by atoms with van der Waals surface area (Å²) in [6.45, 7) is 1.89. The predicted molar refractivity (Wildman–Crippen MR) is 91.7 cm³/mol. The summed E-state index contributed by atoms with van der Waals surface area (Å²) in [6, 6.07) is 7.23. The van der Waals surface area contributed by atoms with E-state index in [1.807, 2.05) is 0 Å². The van der Waals surface area contributed by atoms with Gasteiger partial charge < -0.3 is 5.32 Å². The Bertz CT molecular complexity index is 1130. The van der Waals surface area contributed by atoms with Crippen LogP contribution in [0.4, 0.5) is 0 Å². The van der Waals surface area contributed by atoms with E-state index in [4.69, 9.17) is 5.14 Å². The summed E-state index contributed by atoms with van der Waals surface area (Å²) in [4.78, 5) is 32.1. The first kappa shape index (κ1) is 17.8. The molecule has 0 saturated heterocycles. The van der Waals surface area contributed by atoms with E-state index in [0.717, 1.165) is 0 Å². The number of nitrogens with zero attached hydrogens (tertiary/aromatic N) is 3. The van der Waals surface area contributed by atoms with Gasteiger partial charge in [-0.1, -0.05) is 12.1 Å². The summed E-state index contributed by atoms with van der Waals surface area (Å²) >= 11 is 0. The third-order valence-corrected chi connectivity index (χ3v) is 4.50. The topological polar surface area (TPSA) is 152 Å². The molecule has 2 aromatic heterocycles. The number of sulfonamides is 1. The van der Waals surface area contributed by atoms with Gasteiger partial charge in [-0.2, -0.15) is 9.50 Å². The predicted octanol–water partition coefficient (Wildman–Crippen LogP) is -0.768. The van der Waals surface area contributed by atoms with Crippen LogP contribution in [0, 0.1) is 6.92 Å². The first-order valence-corrected chi connectivity index (χ1v) is 9.11. The molecule has 0 aliphatic heterocycles. The van der Waals surface area contributed by atoms with E-state index >= 15 is 0 Å². The number of carbonyl (C=O) groups is 1. The van der Waals surface area contributed by atoms with Gasteiger partial charge in [0.15, 0.2) is 0 Å². The Morgan fingerprint density at radius 1 is 1.27 bits per heavy atom. The number of amides is 1. The molecule has 1 amide bonds. The van der Waals surface area contributed by atoms with E-state index in [1.165, 1.54) is 22.7 Å². The van der Waals surface area contributed by atoms with E-state index in [1.54, 1.807) is 19.1 Å². The molecule has 10 nitrogen and oxygen atoms in total. The van der Waals surface area contributed by atoms with E-state index < -0.39 is 10.0 Å². The molecule has 0 aliphatic rings. The van der Waals surface area contributed by atoms with Crippen LogP contribution in [0.3, 0.4) is 0 Å². The number of benzene rings is 1. The molecule has 0 radical (unpaired) electrons. The first-order valence-electron chi connectivity index (χ1n) is 7.56. The average Bonchev–Trinajstić information content (AvgIpc) is 2.95. The van der Waals surface area contributed by atoms with E-state index in [-0.39, 0.29) is 35.1 Å². The van der Waals surface area contributed by atoms with E-state index in [9.17, 15) is 18.0 Å². The second-order valence-corrected chi connectivity index (χ2v) is 7.25. The highest BCUT2D eigenvalue weighted by Gasteiger charge is 2.11. The summed E-state index contributed by atoms with van der Waals surface area (Å²) in [6.07, 6.45) is -0.0584. The van der Waals surface area contributed by atoms with Gasteiger partial charge in [0, 0.05) is 18.3 Å². The highest BCUT2D eigenvalue weighted by Crippen LogP contribution is 2.08. The van der Waals surface area contributed by atoms with Crippen molar-refractivity contribution >= 4 is 21.7 Å². The Labute approximate surface area is 148 Å². The number of rotatable bonds is 5. The second kappa shape index (κ2) is 6.69. The van der Waals surface area contributed by atoms with Crippen molar-refractivity contribution in [1.82, 2.24) is 24.9 Å². The number of hydrogen-bond donors (Lipinski definition) is 3. The molecule has 0 unspecified atom stereocenters. The number of aromatic amines is 1. The fraction of sp³-hybridized carbons (Fsp3) is 0.200. The standard InChI is InChI=1S/C15H16N6O4S/c1-9-6-14(23)21-15(18-9)19-12(20-21)7-13(22)17-8-10-2-4-11(5-3-10)26(16,24)25/h2-6H,7-8H2,1H3,(H,17,22)(H2,16,24,25)(H,18,19,20). The minimum absolute atomic E-state index is 0.00286. The molecule has 2 heterocycles. The van der Waals surface area contributed by atoms with Crippen LogP contribution in [-0.2, 0) is 27.8 Å². The first-order chi connectivity index (χ1) is 12.2. The van der Waals surface area contributed by atoms with Crippen molar-refractivity contribution in [2.45, 2.75) is 24.8 Å². The van der Waals surface area contributed by atoms with Crippen LogP contribution >= 0.6 is 0 Å². The van der Waals surface area contributed by atoms with Gasteiger partial charge in [-0.15, -0.1) is 0 Å². The molecule has 11 heteroatoms. The number of fused-ring (bicyclic) bond motifs is 1. The van der Waals surface area contributed by atoms with Crippen molar-refractivity contribution in [2.75, 3.05) is 0 Å². The van der Waals surface area contributed by atoms with Crippen molar-refractivity contribution in [3.63, 3.8) is 0 Å². The number of carbonyl (C=O) groups excluding carboxylic acids is 1. The van der Waals surface area contributed by atoms with Gasteiger partial charge in [-0.3, -0.25) is 14.7 Å². The minimum atomic E-state index is -3.74. The van der Waals surface area contributed by atoms with Gasteiger partial charge in [0.25, 0.3) is 11.3 Å². The molecule has 0 aliphatic carbocycles. The Balaban J connectivity index is 1.64. The molecular weight excluding hydrogens is 360 g/mol. The maximum atomic E-state index is 12.0. The highest BCUT2D eigenvalue weighted by molar-refractivity contribution is 7.89. The molecule has 0 spiro atoms. The number of nitrogens with two attached hydrogens (primary N) is 1. The zero-order valence-electron chi connectivity index (χ0n) is 13.8. The molecule has 3 aromatic rings. The average molecular weight is 376 g/mol. The fourth-order valence-electron chi connectivity index (χ4n) is 2.33. The number of hydrogen-bond acceptors (Lipinski definition) is 6. The van der Waals surface area contributed by atoms with Crippen molar-refractivity contribution in [2.24, 2.45) is 5.14 Å². The number of nitrogens with one attached hydrogen (secondary N) is 2. The van der Waals surface area contributed by atoms with Crippen LogP contribution in [-0.4, -0.2) is 33.9 Å². The van der Waals surface area contributed by atoms with Crippen LogP contribution in [0.1, 0.15) is 17.1 Å². The van der Waals surface area contributed by atoms with Crippen LogP contribution < -0.4 is 16.0 Å². The van der Waals surface area contributed by atoms with Crippen LogP contribution in [0.25, 0.3) is 5.78 Å². The maximum absolute atomic E-state index is 12.0. The normalized spacial score (nSPS) is 11.6. The number of aromatic nitrogens is 4. The van der Waals surface area contributed by atoms with Gasteiger partial charge in [-0.05, 0) is 24.6 Å². The van der Waals surface area contributed by atoms with Gasteiger partial charge in [0.2, 0.25) is 15.9 Å². The molecule has 0 bridgehead atoms. The Morgan fingerprint density at radius 2 is 1.96 bits per heavy atom. The molecule has 0 saturated carbocycles. The SMILES string of the molecule is Cc1cc(=O)n2[nH]c(CC(=O)NCc3ccc(S(N)(=O)=O)cc3)nc2n1. The summed E-state index contributed by atoms with van der Waals surface area (Å²) in [5.74, 6) is 0.197. The Kier molecular flexibility index (Phi) is 4.57. The molecule has 1 aromatic carbocycles. The molecule has 0 fully saturated rings. The summed E-state index contributed by atoms with van der Waals surface area (Å²) in [5, 5.41) is 10.5. The fourth-order valence-corrected chi connectivity index (χ4v) is 2.84. The van der Waals surface area contributed by atoms with Gasteiger partial charge >= 0.3 is 0 Å².